The number of aliphatic carboxylic acids is 1. The summed E-state index contributed by atoms with van der Waals surface area (Å²) in [6.45, 7) is 7.11. The second-order valence-electron chi connectivity index (χ2n) is 13.0. The van der Waals surface area contributed by atoms with Gasteiger partial charge in [0.25, 0.3) is 0 Å². The lowest BCUT2D eigenvalue weighted by molar-refractivity contribution is -0.154. The van der Waals surface area contributed by atoms with Crippen LogP contribution in [-0.2, 0) is 16.1 Å². The smallest absolute Gasteiger partial charge is 0.326 e. The summed E-state index contributed by atoms with van der Waals surface area (Å²) in [6.07, 6.45) is 6.99. The number of likely N-dealkylation sites (tertiary alicyclic amines) is 1. The van der Waals surface area contributed by atoms with Crippen LogP contribution >= 0.6 is 0 Å². The molecule has 2 aromatic carbocycles. The van der Waals surface area contributed by atoms with Gasteiger partial charge in [-0.1, -0.05) is 76.4 Å². The number of ether oxygens (including phenoxy) is 1. The average molecular weight is 551 g/mol. The number of carboxylic acid groups (broad SMARTS) is 1. The minimum Gasteiger partial charge on any atom is -0.493 e. The zero-order valence-corrected chi connectivity index (χ0v) is 23.9. The molecule has 1 saturated heterocycles. The lowest BCUT2D eigenvalue weighted by atomic mass is 9.72. The number of hydrogen-bond acceptors (Lipinski definition) is 4. The van der Waals surface area contributed by atoms with Crippen LogP contribution in [-0.4, -0.2) is 40.6 Å². The van der Waals surface area contributed by atoms with Gasteiger partial charge in [0.15, 0.2) is 0 Å². The number of halogens is 1. The van der Waals surface area contributed by atoms with Crippen LogP contribution in [0.25, 0.3) is 0 Å². The zero-order chi connectivity index (χ0) is 28.4. The summed E-state index contributed by atoms with van der Waals surface area (Å²) in [5.74, 6) is -0.826. The molecule has 0 radical (unpaired) electrons. The van der Waals surface area contributed by atoms with E-state index in [1.54, 1.807) is 11.0 Å². The number of nitrogens with zero attached hydrogens (tertiary/aromatic N) is 1. The maximum Gasteiger partial charge on any atom is 0.326 e. The lowest BCUT2D eigenvalue weighted by Crippen LogP contribution is -2.49. The molecule has 2 saturated carbocycles. The summed E-state index contributed by atoms with van der Waals surface area (Å²) < 4.78 is 20.2. The highest BCUT2D eigenvalue weighted by atomic mass is 19.1. The molecular weight excluding hydrogens is 507 g/mol. The number of rotatable bonds is 9. The van der Waals surface area contributed by atoms with E-state index in [1.165, 1.54) is 12.1 Å². The standard InChI is InChI=1S/C33H43FN2O4/c1-33(2,3)27-28(35-19-24-16-17-25(34)18-26(24)40-20-21-14-15-21)29(22-10-6-4-7-11-22)36(30(27)32(38)39)31(37)23-12-8-5-9-13-23/h4,6-7,10-11,16-18,21,23,27-30,35H,5,8-9,12-15,19-20H2,1-3H3,(H,38,39)/t27-,28-,29-,30-/m0/s1. The largest absolute Gasteiger partial charge is 0.493 e. The van der Waals surface area contributed by atoms with Crippen molar-refractivity contribution in [2.75, 3.05) is 6.61 Å². The zero-order valence-electron chi connectivity index (χ0n) is 23.9. The molecule has 4 atom stereocenters. The van der Waals surface area contributed by atoms with Gasteiger partial charge in [0.2, 0.25) is 5.91 Å². The van der Waals surface area contributed by atoms with Crippen molar-refractivity contribution >= 4 is 11.9 Å². The second-order valence-corrected chi connectivity index (χ2v) is 13.0. The van der Waals surface area contributed by atoms with Gasteiger partial charge in [-0.05, 0) is 48.6 Å². The van der Waals surface area contributed by atoms with Gasteiger partial charge in [0.05, 0.1) is 12.6 Å². The van der Waals surface area contributed by atoms with Gasteiger partial charge in [-0.25, -0.2) is 9.18 Å². The minimum absolute atomic E-state index is 0.0465. The molecule has 40 heavy (non-hydrogen) atoms. The van der Waals surface area contributed by atoms with Gasteiger partial charge in [-0.3, -0.25) is 4.79 Å². The summed E-state index contributed by atoms with van der Waals surface area (Å²) >= 11 is 0. The van der Waals surface area contributed by atoms with Crippen LogP contribution < -0.4 is 10.1 Å². The van der Waals surface area contributed by atoms with E-state index in [4.69, 9.17) is 4.74 Å². The van der Waals surface area contributed by atoms with Crippen LogP contribution in [0.3, 0.4) is 0 Å². The Morgan fingerprint density at radius 2 is 1.73 bits per heavy atom. The number of benzene rings is 2. The van der Waals surface area contributed by atoms with E-state index >= 15 is 0 Å². The number of hydrogen-bond donors (Lipinski definition) is 2. The first kappa shape index (κ1) is 28.6. The highest BCUT2D eigenvalue weighted by Crippen LogP contribution is 2.49. The first-order valence-electron chi connectivity index (χ1n) is 14.9. The van der Waals surface area contributed by atoms with E-state index < -0.39 is 23.5 Å². The number of carboxylic acids is 1. The third-order valence-electron chi connectivity index (χ3n) is 9.00. The Bertz CT molecular complexity index is 1190. The molecule has 0 aromatic heterocycles. The number of carbonyl (C=O) groups is 2. The van der Waals surface area contributed by atoms with Gasteiger partial charge in [0, 0.05) is 36.1 Å². The van der Waals surface area contributed by atoms with Crippen LogP contribution in [0.15, 0.2) is 48.5 Å². The topological polar surface area (TPSA) is 78.9 Å². The van der Waals surface area contributed by atoms with Gasteiger partial charge in [-0.2, -0.15) is 0 Å². The molecule has 0 unspecified atom stereocenters. The van der Waals surface area contributed by atoms with Crippen molar-refractivity contribution in [1.82, 2.24) is 10.2 Å². The van der Waals surface area contributed by atoms with E-state index in [2.05, 4.69) is 26.1 Å². The normalized spacial score (nSPS) is 25.6. The molecule has 2 aromatic rings. The van der Waals surface area contributed by atoms with E-state index in [-0.39, 0.29) is 29.6 Å². The van der Waals surface area contributed by atoms with Gasteiger partial charge < -0.3 is 20.1 Å². The van der Waals surface area contributed by atoms with Crippen molar-refractivity contribution in [1.29, 1.82) is 0 Å². The highest BCUT2D eigenvalue weighted by Gasteiger charge is 2.58. The summed E-state index contributed by atoms with van der Waals surface area (Å²) in [5, 5.41) is 14.3. The lowest BCUT2D eigenvalue weighted by Gasteiger charge is -2.36. The van der Waals surface area contributed by atoms with Crippen LogP contribution in [0.1, 0.15) is 82.9 Å². The second kappa shape index (κ2) is 11.9. The molecule has 0 spiro atoms. The molecule has 2 aliphatic carbocycles. The molecule has 216 valence electrons. The van der Waals surface area contributed by atoms with E-state index in [0.717, 1.165) is 56.1 Å². The summed E-state index contributed by atoms with van der Waals surface area (Å²) in [5.41, 5.74) is 1.33. The molecule has 1 heterocycles. The molecule has 6 nitrogen and oxygen atoms in total. The fourth-order valence-corrected chi connectivity index (χ4v) is 6.82. The predicted molar refractivity (Wildman–Crippen MR) is 152 cm³/mol. The van der Waals surface area contributed by atoms with Crippen LogP contribution in [0.5, 0.6) is 5.75 Å². The maximum absolute atomic E-state index is 14.2. The summed E-state index contributed by atoms with van der Waals surface area (Å²) in [6, 6.07) is 12.7. The molecular formula is C33H43FN2O4. The number of carbonyl (C=O) groups excluding carboxylic acids is 1. The summed E-state index contributed by atoms with van der Waals surface area (Å²) in [7, 11) is 0. The van der Waals surface area contributed by atoms with Crippen LogP contribution in [0.4, 0.5) is 4.39 Å². The molecule has 0 bridgehead atoms. The first-order chi connectivity index (χ1) is 19.1. The van der Waals surface area contributed by atoms with Gasteiger partial charge in [-0.15, -0.1) is 0 Å². The summed E-state index contributed by atoms with van der Waals surface area (Å²) in [4.78, 5) is 28.9. The minimum atomic E-state index is -0.968. The first-order valence-corrected chi connectivity index (χ1v) is 14.9. The predicted octanol–water partition coefficient (Wildman–Crippen LogP) is 6.35. The van der Waals surface area contributed by atoms with Crippen molar-refractivity contribution in [3.05, 3.63) is 65.5 Å². The number of nitrogens with one attached hydrogen (secondary N) is 1. The van der Waals surface area contributed by atoms with Crippen LogP contribution in [0.2, 0.25) is 0 Å². The van der Waals surface area contributed by atoms with Crippen LogP contribution in [0, 0.1) is 29.0 Å². The monoisotopic (exact) mass is 550 g/mol. The molecule has 5 rings (SSSR count). The van der Waals surface area contributed by atoms with E-state index in [0.29, 0.717) is 24.8 Å². The van der Waals surface area contributed by atoms with Crippen molar-refractivity contribution in [2.24, 2.45) is 23.2 Å². The SMILES string of the molecule is CC(C)(C)[C@H]1[C@H](NCc2ccc(F)cc2OCC2CC2)[C@H](c2ccccc2)N(C(=O)C2CCCCC2)[C@@H]1C(=O)O. The molecule has 7 heteroatoms. The fraction of sp³-hybridized carbons (Fsp3) is 0.576. The Morgan fingerprint density at radius 3 is 2.35 bits per heavy atom. The molecule has 3 aliphatic rings. The Morgan fingerprint density at radius 1 is 1.02 bits per heavy atom. The van der Waals surface area contributed by atoms with Crippen molar-refractivity contribution in [3.63, 3.8) is 0 Å². The van der Waals surface area contributed by atoms with Crippen molar-refractivity contribution in [2.45, 2.75) is 90.4 Å². The maximum atomic E-state index is 14.2. The van der Waals surface area contributed by atoms with Gasteiger partial charge in [0.1, 0.15) is 17.6 Å². The van der Waals surface area contributed by atoms with E-state index in [9.17, 15) is 19.1 Å². The highest BCUT2D eigenvalue weighted by molar-refractivity contribution is 5.87. The number of amides is 1. The third kappa shape index (κ3) is 6.19. The van der Waals surface area contributed by atoms with Crippen molar-refractivity contribution in [3.8, 4) is 5.75 Å². The quantitative estimate of drug-likeness (QED) is 0.380. The Kier molecular flexibility index (Phi) is 8.50. The molecule has 1 amide bonds. The van der Waals surface area contributed by atoms with Crippen molar-refractivity contribution < 1.29 is 23.8 Å². The van der Waals surface area contributed by atoms with Gasteiger partial charge >= 0.3 is 5.97 Å². The fourth-order valence-electron chi connectivity index (χ4n) is 6.82. The Hall–Kier alpha value is -2.93. The Balaban J connectivity index is 1.52. The Labute approximate surface area is 237 Å². The van der Waals surface area contributed by atoms with E-state index in [1.807, 2.05) is 30.3 Å². The molecule has 1 aliphatic heterocycles. The third-order valence-corrected chi connectivity index (χ3v) is 9.00. The molecule has 2 N–H and O–H groups in total. The molecule has 3 fully saturated rings. The average Bonchev–Trinajstić information content (AvgIpc) is 3.70.